The van der Waals surface area contributed by atoms with E-state index in [0.717, 1.165) is 16.3 Å². The second-order valence-electron chi connectivity index (χ2n) is 9.42. The van der Waals surface area contributed by atoms with Gasteiger partial charge in [0.15, 0.2) is 11.4 Å². The topological polar surface area (TPSA) is 122 Å². The van der Waals surface area contributed by atoms with Crippen molar-refractivity contribution in [1.82, 2.24) is 25.0 Å². The maximum absolute atomic E-state index is 13.6. The van der Waals surface area contributed by atoms with Gasteiger partial charge in [0, 0.05) is 37.8 Å². The van der Waals surface area contributed by atoms with E-state index < -0.39 is 25.6 Å². The van der Waals surface area contributed by atoms with E-state index in [1.54, 1.807) is 36.1 Å². The number of aromatic amines is 1. The van der Waals surface area contributed by atoms with Crippen molar-refractivity contribution in [3.8, 4) is 11.6 Å². The molecule has 0 aliphatic carbocycles. The second-order valence-corrected chi connectivity index (χ2v) is 15.0. The van der Waals surface area contributed by atoms with Crippen LogP contribution in [-0.2, 0) is 21.6 Å². The van der Waals surface area contributed by atoms with Gasteiger partial charge in [-0.25, -0.2) is 9.69 Å². The van der Waals surface area contributed by atoms with E-state index in [9.17, 15) is 14.7 Å². The van der Waals surface area contributed by atoms with Crippen LogP contribution < -0.4 is 10.1 Å². The standard InChI is InChI=1S/C22H29N5O5Si/c1-31-16-6-5-15-12-26(19(28)17(15)11-16)13-22(18-7-8-23-25-18)20(29)27(21(30)24-22)14-32-9-10-33(2,3)4/h5-8,11-12,28H,9-10,13-14H2,1-4H3,(H,23,25)(H,24,30)/t22-/m0/s1. The van der Waals surface area contributed by atoms with Crippen LogP contribution in [0.2, 0.25) is 25.7 Å². The summed E-state index contributed by atoms with van der Waals surface area (Å²) in [6.07, 6.45) is 3.25. The van der Waals surface area contributed by atoms with Crippen molar-refractivity contribution in [2.75, 3.05) is 20.4 Å². The van der Waals surface area contributed by atoms with Gasteiger partial charge in [-0.2, -0.15) is 5.10 Å². The van der Waals surface area contributed by atoms with Gasteiger partial charge in [-0.15, -0.1) is 0 Å². The number of benzene rings is 1. The third-order valence-electron chi connectivity index (χ3n) is 5.83. The number of aromatic nitrogens is 3. The summed E-state index contributed by atoms with van der Waals surface area (Å²) in [7, 11) is 0.248. The molecule has 0 unspecified atom stereocenters. The maximum Gasteiger partial charge on any atom is 0.327 e. The van der Waals surface area contributed by atoms with Crippen molar-refractivity contribution >= 4 is 30.8 Å². The molecule has 1 aliphatic heterocycles. The highest BCUT2D eigenvalue weighted by atomic mass is 28.3. The Morgan fingerprint density at radius 1 is 1.21 bits per heavy atom. The zero-order valence-corrected chi connectivity index (χ0v) is 20.2. The van der Waals surface area contributed by atoms with Crippen molar-refractivity contribution in [3.05, 3.63) is 42.4 Å². The smallest absolute Gasteiger partial charge is 0.327 e. The number of carbonyl (C=O) groups is 2. The first kappa shape index (κ1) is 22.9. The molecule has 0 spiro atoms. The normalized spacial score (nSPS) is 18.8. The van der Waals surface area contributed by atoms with Crippen molar-refractivity contribution in [2.45, 2.75) is 37.8 Å². The number of nitrogens with zero attached hydrogens (tertiary/aromatic N) is 3. The molecule has 4 rings (SSSR count). The molecule has 0 saturated carbocycles. The molecule has 0 radical (unpaired) electrons. The maximum atomic E-state index is 13.6. The van der Waals surface area contributed by atoms with Gasteiger partial charge in [-0.1, -0.05) is 19.6 Å². The minimum absolute atomic E-state index is 0.0327. The summed E-state index contributed by atoms with van der Waals surface area (Å²) in [6.45, 7) is 7.01. The van der Waals surface area contributed by atoms with Gasteiger partial charge in [0.1, 0.15) is 12.5 Å². The third kappa shape index (κ3) is 4.33. The van der Waals surface area contributed by atoms with Crippen LogP contribution in [0.1, 0.15) is 5.69 Å². The summed E-state index contributed by atoms with van der Waals surface area (Å²) < 4.78 is 12.5. The Hall–Kier alpha value is -3.31. The van der Waals surface area contributed by atoms with Gasteiger partial charge in [0.2, 0.25) is 0 Å². The van der Waals surface area contributed by atoms with Crippen molar-refractivity contribution < 1.29 is 24.2 Å². The predicted octanol–water partition coefficient (Wildman–Crippen LogP) is 2.84. The number of hydrogen-bond acceptors (Lipinski definition) is 6. The average Bonchev–Trinajstić information content (AvgIpc) is 3.46. The fraction of sp³-hybridized carbons (Fsp3) is 0.409. The molecule has 3 heterocycles. The SMILES string of the molecule is COc1ccc2cn(C[C@@]3(c4ccn[nH]4)NC(=O)N(COCC[Si](C)(C)C)C3=O)c(O)c2c1. The Kier molecular flexibility index (Phi) is 5.93. The summed E-state index contributed by atoms with van der Waals surface area (Å²) in [5, 5.41) is 21.8. The molecule has 0 bridgehead atoms. The van der Waals surface area contributed by atoms with Crippen LogP contribution in [0.3, 0.4) is 0 Å². The van der Waals surface area contributed by atoms with Gasteiger partial charge in [-0.3, -0.25) is 9.89 Å². The summed E-state index contributed by atoms with van der Waals surface area (Å²) in [5.41, 5.74) is -1.05. The lowest BCUT2D eigenvalue weighted by atomic mass is 9.95. The number of H-pyrrole nitrogens is 1. The number of rotatable bonds is 9. The number of methoxy groups -OCH3 is 1. The molecule has 1 aliphatic rings. The molecule has 2 aromatic heterocycles. The van der Waals surface area contributed by atoms with E-state index in [1.807, 2.05) is 6.07 Å². The van der Waals surface area contributed by atoms with Crippen LogP contribution in [0.5, 0.6) is 11.6 Å². The van der Waals surface area contributed by atoms with Crippen molar-refractivity contribution in [1.29, 1.82) is 0 Å². The third-order valence-corrected chi connectivity index (χ3v) is 7.53. The minimum Gasteiger partial charge on any atom is -0.497 e. The highest BCUT2D eigenvalue weighted by Gasteiger charge is 2.54. The van der Waals surface area contributed by atoms with Crippen molar-refractivity contribution in [3.63, 3.8) is 0 Å². The molecule has 1 atom stereocenters. The van der Waals surface area contributed by atoms with Gasteiger partial charge < -0.3 is 24.5 Å². The summed E-state index contributed by atoms with van der Waals surface area (Å²) >= 11 is 0. The molecular weight excluding hydrogens is 442 g/mol. The van der Waals surface area contributed by atoms with Gasteiger partial charge in [-0.05, 0) is 30.3 Å². The monoisotopic (exact) mass is 471 g/mol. The number of carbonyl (C=O) groups excluding carboxylic acids is 2. The molecule has 1 fully saturated rings. The number of urea groups is 1. The zero-order valence-electron chi connectivity index (χ0n) is 19.2. The van der Waals surface area contributed by atoms with Gasteiger partial charge in [0.05, 0.1) is 19.3 Å². The largest absolute Gasteiger partial charge is 0.497 e. The number of imide groups is 1. The van der Waals surface area contributed by atoms with Crippen LogP contribution >= 0.6 is 0 Å². The fourth-order valence-electron chi connectivity index (χ4n) is 3.87. The summed E-state index contributed by atoms with van der Waals surface area (Å²) in [5.74, 6) is 0.0971. The Bertz CT molecular complexity index is 1170. The molecule has 3 N–H and O–H groups in total. The first-order chi connectivity index (χ1) is 15.6. The van der Waals surface area contributed by atoms with Crippen LogP contribution in [-0.4, -0.2) is 65.2 Å². The summed E-state index contributed by atoms with van der Waals surface area (Å²) in [4.78, 5) is 27.4. The first-order valence-corrected chi connectivity index (χ1v) is 14.4. The van der Waals surface area contributed by atoms with E-state index in [0.29, 0.717) is 23.4 Å². The van der Waals surface area contributed by atoms with Gasteiger partial charge >= 0.3 is 6.03 Å². The number of ether oxygens (including phenoxy) is 2. The van der Waals surface area contributed by atoms with Crippen LogP contribution in [0, 0.1) is 0 Å². The van der Waals surface area contributed by atoms with Crippen LogP contribution in [0.4, 0.5) is 4.79 Å². The molecular formula is C22H29N5O5Si. The Balaban J connectivity index is 1.63. The minimum atomic E-state index is -1.47. The van der Waals surface area contributed by atoms with E-state index in [2.05, 4.69) is 35.2 Å². The molecule has 1 aromatic carbocycles. The lowest BCUT2D eigenvalue weighted by molar-refractivity contribution is -0.136. The van der Waals surface area contributed by atoms with Crippen LogP contribution in [0.15, 0.2) is 36.7 Å². The second kappa shape index (κ2) is 8.56. The molecule has 3 aromatic rings. The van der Waals surface area contributed by atoms with Gasteiger partial charge in [0.25, 0.3) is 5.91 Å². The Labute approximate surface area is 192 Å². The van der Waals surface area contributed by atoms with E-state index in [-0.39, 0.29) is 19.2 Å². The van der Waals surface area contributed by atoms with Crippen molar-refractivity contribution in [2.24, 2.45) is 0 Å². The molecule has 10 nitrogen and oxygen atoms in total. The zero-order chi connectivity index (χ0) is 23.8. The average molecular weight is 472 g/mol. The lowest BCUT2D eigenvalue weighted by Gasteiger charge is -2.26. The fourth-order valence-corrected chi connectivity index (χ4v) is 4.63. The van der Waals surface area contributed by atoms with E-state index >= 15 is 0 Å². The number of amides is 3. The quantitative estimate of drug-likeness (QED) is 0.251. The predicted molar refractivity (Wildman–Crippen MR) is 125 cm³/mol. The van der Waals surface area contributed by atoms with E-state index in [4.69, 9.17) is 9.47 Å². The number of aromatic hydroxyl groups is 1. The highest BCUT2D eigenvalue weighted by molar-refractivity contribution is 6.76. The first-order valence-electron chi connectivity index (χ1n) is 10.7. The Morgan fingerprint density at radius 3 is 2.67 bits per heavy atom. The highest BCUT2D eigenvalue weighted by Crippen LogP contribution is 2.35. The molecule has 3 amide bonds. The lowest BCUT2D eigenvalue weighted by Crippen LogP contribution is -2.48. The van der Waals surface area contributed by atoms with E-state index in [1.165, 1.54) is 6.20 Å². The number of fused-ring (bicyclic) bond motifs is 1. The molecule has 176 valence electrons. The number of nitrogens with one attached hydrogen (secondary N) is 2. The molecule has 33 heavy (non-hydrogen) atoms. The van der Waals surface area contributed by atoms with Crippen LogP contribution in [0.25, 0.3) is 10.8 Å². The summed E-state index contributed by atoms with van der Waals surface area (Å²) in [6, 6.07) is 7.34. The molecule has 11 heteroatoms. The number of hydrogen-bond donors (Lipinski definition) is 3. The Morgan fingerprint density at radius 2 is 2.00 bits per heavy atom. The molecule has 1 saturated heterocycles.